The first kappa shape index (κ1) is 10.1. The molecule has 1 saturated carbocycles. The van der Waals surface area contributed by atoms with Crippen molar-refractivity contribution in [1.82, 2.24) is 0 Å². The van der Waals surface area contributed by atoms with Gasteiger partial charge in [-0.15, -0.1) is 11.8 Å². The van der Waals surface area contributed by atoms with Crippen molar-refractivity contribution in [1.29, 1.82) is 0 Å². The van der Waals surface area contributed by atoms with Crippen LogP contribution in [0.2, 0.25) is 0 Å². The highest BCUT2D eigenvalue weighted by Crippen LogP contribution is 2.32. The van der Waals surface area contributed by atoms with Crippen molar-refractivity contribution in [2.24, 2.45) is 0 Å². The first-order chi connectivity index (χ1) is 6.81. The number of hydrogen-bond donors (Lipinski definition) is 0. The molecule has 2 nitrogen and oxygen atoms in total. The van der Waals surface area contributed by atoms with Crippen LogP contribution in [-0.4, -0.2) is 25.6 Å². The maximum absolute atomic E-state index is 5.76. The molecule has 0 spiro atoms. The molecule has 2 rings (SSSR count). The zero-order valence-corrected chi connectivity index (χ0v) is 9.47. The average molecular weight is 212 g/mol. The normalized spacial score (nSPS) is 26.9. The van der Waals surface area contributed by atoms with Crippen LogP contribution >= 0.6 is 11.8 Å². The zero-order valence-electron chi connectivity index (χ0n) is 8.66. The van der Waals surface area contributed by atoms with Gasteiger partial charge in [0.2, 0.25) is 0 Å². The Balaban J connectivity index is 2.02. The Labute approximate surface area is 89.3 Å². The average Bonchev–Trinajstić information content (AvgIpc) is 3.01. The molecule has 1 fully saturated rings. The van der Waals surface area contributed by atoms with Crippen LogP contribution in [0.5, 0.6) is 0 Å². The van der Waals surface area contributed by atoms with Crippen molar-refractivity contribution in [3.8, 4) is 0 Å². The maximum atomic E-state index is 5.76. The second-order valence-corrected chi connectivity index (χ2v) is 4.61. The number of ether oxygens (including phenoxy) is 2. The summed E-state index contributed by atoms with van der Waals surface area (Å²) in [6.45, 7) is 0. The van der Waals surface area contributed by atoms with E-state index in [4.69, 9.17) is 9.47 Å². The Morgan fingerprint density at radius 3 is 2.79 bits per heavy atom. The number of hydrogen-bond acceptors (Lipinski definition) is 3. The van der Waals surface area contributed by atoms with E-state index in [1.165, 1.54) is 17.7 Å². The summed E-state index contributed by atoms with van der Waals surface area (Å²) >= 11 is 1.78. The summed E-state index contributed by atoms with van der Waals surface area (Å²) in [7, 11) is 1.75. The zero-order chi connectivity index (χ0) is 9.97. The standard InChI is InChI=1S/C11H16O2S/c1-12-9-5-10(13-8-3-4-8)7-11(6-9)14-2/h5,7-9H,3-4,6H2,1-2H3. The molecule has 0 aromatic heterocycles. The third-order valence-electron chi connectivity index (χ3n) is 2.45. The predicted molar refractivity (Wildman–Crippen MR) is 59.2 cm³/mol. The van der Waals surface area contributed by atoms with E-state index in [-0.39, 0.29) is 6.10 Å². The van der Waals surface area contributed by atoms with Gasteiger partial charge in [0.25, 0.3) is 0 Å². The van der Waals surface area contributed by atoms with Gasteiger partial charge in [-0.1, -0.05) is 0 Å². The number of methoxy groups -OCH3 is 1. The lowest BCUT2D eigenvalue weighted by Crippen LogP contribution is -2.13. The molecule has 0 bridgehead atoms. The van der Waals surface area contributed by atoms with E-state index in [9.17, 15) is 0 Å². The SMILES string of the molecule is COC1C=C(OC2CC2)C=C(SC)C1. The van der Waals surface area contributed by atoms with Crippen LogP contribution in [0.3, 0.4) is 0 Å². The highest BCUT2D eigenvalue weighted by atomic mass is 32.2. The van der Waals surface area contributed by atoms with Crippen molar-refractivity contribution < 1.29 is 9.47 Å². The van der Waals surface area contributed by atoms with E-state index >= 15 is 0 Å². The fourth-order valence-corrected chi connectivity index (χ4v) is 2.02. The van der Waals surface area contributed by atoms with Gasteiger partial charge < -0.3 is 9.47 Å². The van der Waals surface area contributed by atoms with Crippen molar-refractivity contribution in [2.45, 2.75) is 31.5 Å². The van der Waals surface area contributed by atoms with E-state index in [0.29, 0.717) is 6.10 Å². The smallest absolute Gasteiger partial charge is 0.119 e. The van der Waals surface area contributed by atoms with Gasteiger partial charge >= 0.3 is 0 Å². The second-order valence-electron chi connectivity index (χ2n) is 3.68. The third kappa shape index (κ3) is 2.55. The van der Waals surface area contributed by atoms with Crippen molar-refractivity contribution in [2.75, 3.05) is 13.4 Å². The largest absolute Gasteiger partial charge is 0.491 e. The van der Waals surface area contributed by atoms with E-state index < -0.39 is 0 Å². The highest BCUT2D eigenvalue weighted by molar-refractivity contribution is 8.02. The molecule has 14 heavy (non-hydrogen) atoms. The van der Waals surface area contributed by atoms with Gasteiger partial charge in [0, 0.05) is 13.5 Å². The van der Waals surface area contributed by atoms with Gasteiger partial charge in [-0.25, -0.2) is 0 Å². The molecule has 1 unspecified atom stereocenters. The molecule has 0 saturated heterocycles. The Hall–Kier alpha value is -0.410. The van der Waals surface area contributed by atoms with Crippen molar-refractivity contribution >= 4 is 11.8 Å². The maximum Gasteiger partial charge on any atom is 0.119 e. The summed E-state index contributed by atoms with van der Waals surface area (Å²) < 4.78 is 11.1. The molecule has 0 N–H and O–H groups in total. The van der Waals surface area contributed by atoms with Crippen LogP contribution in [0, 0.1) is 0 Å². The topological polar surface area (TPSA) is 18.5 Å². The Kier molecular flexibility index (Phi) is 3.19. The molecule has 3 heteroatoms. The monoisotopic (exact) mass is 212 g/mol. The quantitative estimate of drug-likeness (QED) is 0.714. The molecule has 2 aliphatic carbocycles. The van der Waals surface area contributed by atoms with Gasteiger partial charge in [-0.3, -0.25) is 0 Å². The fraction of sp³-hybridized carbons (Fsp3) is 0.636. The van der Waals surface area contributed by atoms with Crippen molar-refractivity contribution in [3.05, 3.63) is 22.8 Å². The van der Waals surface area contributed by atoms with Crippen LogP contribution in [0.15, 0.2) is 22.8 Å². The van der Waals surface area contributed by atoms with Crippen LogP contribution in [0.4, 0.5) is 0 Å². The van der Waals surface area contributed by atoms with Gasteiger partial charge in [-0.2, -0.15) is 0 Å². The van der Waals surface area contributed by atoms with E-state index in [2.05, 4.69) is 18.4 Å². The predicted octanol–water partition coefficient (Wildman–Crippen LogP) is 2.71. The molecular formula is C11H16O2S. The second kappa shape index (κ2) is 4.41. The number of allylic oxidation sites excluding steroid dienone is 1. The fourth-order valence-electron chi connectivity index (χ4n) is 1.45. The summed E-state index contributed by atoms with van der Waals surface area (Å²) in [5.41, 5.74) is 0. The van der Waals surface area contributed by atoms with Gasteiger partial charge in [0.15, 0.2) is 0 Å². The highest BCUT2D eigenvalue weighted by Gasteiger charge is 2.25. The molecule has 0 radical (unpaired) electrons. The van der Waals surface area contributed by atoms with Gasteiger partial charge in [0.1, 0.15) is 5.76 Å². The number of rotatable bonds is 4. The van der Waals surface area contributed by atoms with Gasteiger partial charge in [-0.05, 0) is 36.2 Å². The molecule has 78 valence electrons. The Bertz CT molecular complexity index is 266. The molecule has 0 aliphatic heterocycles. The lowest BCUT2D eigenvalue weighted by molar-refractivity contribution is 0.130. The minimum atomic E-state index is 0.191. The summed E-state index contributed by atoms with van der Waals surface area (Å²) in [6.07, 6.45) is 10.4. The van der Waals surface area contributed by atoms with Crippen molar-refractivity contribution in [3.63, 3.8) is 0 Å². The van der Waals surface area contributed by atoms with E-state index in [1.54, 1.807) is 18.9 Å². The van der Waals surface area contributed by atoms with Crippen LogP contribution in [-0.2, 0) is 9.47 Å². The van der Waals surface area contributed by atoms with E-state index in [1.807, 2.05) is 0 Å². The summed E-state index contributed by atoms with van der Waals surface area (Å²) in [5.74, 6) is 0.995. The third-order valence-corrected chi connectivity index (χ3v) is 3.26. The molecular weight excluding hydrogens is 196 g/mol. The molecule has 0 heterocycles. The van der Waals surface area contributed by atoms with Crippen LogP contribution in [0.25, 0.3) is 0 Å². The molecule has 0 aromatic carbocycles. The first-order valence-electron chi connectivity index (χ1n) is 4.97. The van der Waals surface area contributed by atoms with E-state index in [0.717, 1.165) is 12.2 Å². The van der Waals surface area contributed by atoms with Crippen LogP contribution < -0.4 is 0 Å². The lowest BCUT2D eigenvalue weighted by atomic mass is 10.1. The summed E-state index contributed by atoms with van der Waals surface area (Å²) in [6, 6.07) is 0. The lowest BCUT2D eigenvalue weighted by Gasteiger charge is -2.19. The number of thioether (sulfide) groups is 1. The molecule has 1 atom stereocenters. The van der Waals surface area contributed by atoms with Gasteiger partial charge in [0.05, 0.1) is 12.2 Å². The molecule has 2 aliphatic rings. The van der Waals surface area contributed by atoms with Crippen LogP contribution in [0.1, 0.15) is 19.3 Å². The molecule has 0 amide bonds. The first-order valence-corrected chi connectivity index (χ1v) is 6.20. The summed E-state index contributed by atoms with van der Waals surface area (Å²) in [4.78, 5) is 1.34. The summed E-state index contributed by atoms with van der Waals surface area (Å²) in [5, 5.41) is 0. The molecule has 0 aromatic rings. The minimum Gasteiger partial charge on any atom is -0.491 e. The Morgan fingerprint density at radius 2 is 2.21 bits per heavy atom. The minimum absolute atomic E-state index is 0.191. The Morgan fingerprint density at radius 1 is 1.43 bits per heavy atom.